The lowest BCUT2D eigenvalue weighted by Gasteiger charge is -2.54. The van der Waals surface area contributed by atoms with Crippen LogP contribution in [0.3, 0.4) is 0 Å². The molecular weight excluding hydrogens is 656 g/mol. The van der Waals surface area contributed by atoms with Crippen molar-refractivity contribution in [2.75, 3.05) is 58.9 Å². The minimum absolute atomic E-state index is 0.00987. The number of anilines is 1. The van der Waals surface area contributed by atoms with Crippen molar-refractivity contribution in [3.05, 3.63) is 70.9 Å². The summed E-state index contributed by atoms with van der Waals surface area (Å²) in [6, 6.07) is 12.5. The first kappa shape index (κ1) is 33.9. The van der Waals surface area contributed by atoms with E-state index in [4.69, 9.17) is 14.2 Å². The van der Waals surface area contributed by atoms with Crippen molar-refractivity contribution in [1.29, 1.82) is 0 Å². The summed E-state index contributed by atoms with van der Waals surface area (Å²) in [6.07, 6.45) is 7.14. The lowest BCUT2D eigenvalue weighted by atomic mass is 9.58. The fraction of sp³-hybridized carbons (Fsp3) is 0.571. The van der Waals surface area contributed by atoms with Gasteiger partial charge in [-0.05, 0) is 67.3 Å². The van der Waals surface area contributed by atoms with E-state index in [0.29, 0.717) is 18.1 Å². The number of aliphatic hydroxyl groups excluding tert-OH is 1. The lowest BCUT2D eigenvalue weighted by Crippen LogP contribution is -2.69. The second-order valence-electron chi connectivity index (χ2n) is 16.4. The average Bonchev–Trinajstić information content (AvgIpc) is 3.81. The second-order valence-corrected chi connectivity index (χ2v) is 16.4. The molecule has 9 rings (SSSR count). The van der Waals surface area contributed by atoms with Crippen molar-refractivity contribution in [2.45, 2.75) is 81.1 Å². The summed E-state index contributed by atoms with van der Waals surface area (Å²) >= 11 is 0. The number of aromatic amines is 1. The van der Waals surface area contributed by atoms with Crippen LogP contribution in [0, 0.1) is 17.8 Å². The number of piperidine rings is 1. The number of likely N-dealkylation sites (N-methyl/N-ethyl adjacent to an activating group) is 1. The van der Waals surface area contributed by atoms with Gasteiger partial charge in [-0.1, -0.05) is 43.7 Å². The third-order valence-electron chi connectivity index (χ3n) is 14.1. The fourth-order valence-electron chi connectivity index (χ4n) is 12.2. The molecule has 9 unspecified atom stereocenters. The average molecular weight is 709 g/mol. The number of rotatable bonds is 5. The predicted molar refractivity (Wildman–Crippen MR) is 199 cm³/mol. The number of aliphatic hydroxyl groups is 1. The molecule has 10 atom stereocenters. The summed E-state index contributed by atoms with van der Waals surface area (Å²) < 4.78 is 18.2. The van der Waals surface area contributed by atoms with Crippen LogP contribution in [-0.2, 0) is 36.3 Å². The number of methoxy groups -OCH3 is 2. The van der Waals surface area contributed by atoms with Gasteiger partial charge in [0.05, 0.1) is 20.3 Å². The third-order valence-corrected chi connectivity index (χ3v) is 14.1. The number of H-pyrrole nitrogens is 1. The molecule has 0 radical (unpaired) electrons. The third kappa shape index (κ3) is 4.59. The molecule has 5 aliphatic heterocycles. The zero-order valence-corrected chi connectivity index (χ0v) is 31.1. The van der Waals surface area contributed by atoms with Gasteiger partial charge in [0.15, 0.2) is 0 Å². The number of hydrogen-bond acceptors (Lipinski definition) is 9. The maximum absolute atomic E-state index is 15.1. The van der Waals surface area contributed by atoms with Gasteiger partial charge in [-0.2, -0.15) is 0 Å². The van der Waals surface area contributed by atoms with Gasteiger partial charge in [-0.25, -0.2) is 0 Å². The first-order valence-electron chi connectivity index (χ1n) is 19.3. The highest BCUT2D eigenvalue weighted by Crippen LogP contribution is 2.62. The second kappa shape index (κ2) is 12.4. The van der Waals surface area contributed by atoms with E-state index < -0.39 is 23.0 Å². The highest BCUT2D eigenvalue weighted by Gasteiger charge is 2.69. The van der Waals surface area contributed by atoms with Crippen LogP contribution in [-0.4, -0.2) is 110 Å². The van der Waals surface area contributed by atoms with Crippen LogP contribution in [0.25, 0.3) is 10.9 Å². The summed E-state index contributed by atoms with van der Waals surface area (Å²) in [5, 5.41) is 13.4. The van der Waals surface area contributed by atoms with E-state index in [-0.39, 0.29) is 35.9 Å². The molecule has 2 bridgehead atoms. The Kier molecular flexibility index (Phi) is 8.06. The standard InChI is InChI=1S/C42H52N4O6/c1-6-25-18-26-21-42(40(49)51-5,37-28(13-16-45(22-25)23-26)27-10-7-8-12-32(27)43-37)31-19-30-33(20-34(31)50-4)44(3)39-35(48)36(52-24(2)47)29-11-9-15-46-17-14-41(30,39)38(29)46/h7-12,19-20,25-26,29,35-36,38-39,43,48H,6,13-18,21-23H2,1-5H3/t25?,26?,29?,35?,36?,38?,39?,41?,42-/m0/s1. The number of carbonyl (C=O) groups excluding carboxylic acids is 2. The van der Waals surface area contributed by atoms with Crippen molar-refractivity contribution in [2.24, 2.45) is 17.8 Å². The Morgan fingerprint density at radius 3 is 2.67 bits per heavy atom. The van der Waals surface area contributed by atoms with Crippen LogP contribution >= 0.6 is 0 Å². The molecule has 2 saturated heterocycles. The summed E-state index contributed by atoms with van der Waals surface area (Å²) in [4.78, 5) is 38.7. The molecule has 0 amide bonds. The Morgan fingerprint density at radius 1 is 1.08 bits per heavy atom. The molecule has 2 N–H and O–H groups in total. The largest absolute Gasteiger partial charge is 0.496 e. The zero-order valence-electron chi connectivity index (χ0n) is 31.1. The van der Waals surface area contributed by atoms with Crippen molar-refractivity contribution >= 4 is 28.5 Å². The molecule has 3 fully saturated rings. The maximum Gasteiger partial charge on any atom is 0.322 e. The number of esters is 2. The number of aromatic nitrogens is 1. The lowest BCUT2D eigenvalue weighted by molar-refractivity contribution is -0.166. The first-order chi connectivity index (χ1) is 25.2. The molecule has 3 aromatic rings. The summed E-state index contributed by atoms with van der Waals surface area (Å²) in [6.45, 7) is 8.33. The van der Waals surface area contributed by atoms with Crippen molar-refractivity contribution in [1.82, 2.24) is 14.8 Å². The van der Waals surface area contributed by atoms with Crippen LogP contribution in [0.15, 0.2) is 48.6 Å². The van der Waals surface area contributed by atoms with E-state index in [1.54, 1.807) is 7.11 Å². The van der Waals surface area contributed by atoms with Gasteiger partial charge in [-0.15, -0.1) is 0 Å². The summed E-state index contributed by atoms with van der Waals surface area (Å²) in [7, 11) is 5.25. The van der Waals surface area contributed by atoms with Crippen LogP contribution in [0.5, 0.6) is 5.75 Å². The first-order valence-corrected chi connectivity index (χ1v) is 19.3. The van der Waals surface area contributed by atoms with E-state index in [1.807, 2.05) is 13.1 Å². The normalized spacial score (nSPS) is 36.2. The van der Waals surface area contributed by atoms with Gasteiger partial charge in [0.2, 0.25) is 0 Å². The van der Waals surface area contributed by atoms with Crippen LogP contribution < -0.4 is 9.64 Å². The number of nitrogens with zero attached hydrogens (tertiary/aromatic N) is 3. The molecule has 52 heavy (non-hydrogen) atoms. The molecule has 276 valence electrons. The van der Waals surface area contributed by atoms with Crippen molar-refractivity contribution in [3.63, 3.8) is 0 Å². The van der Waals surface area contributed by atoms with Gasteiger partial charge in [-0.3, -0.25) is 14.5 Å². The molecule has 1 aromatic heterocycles. The Labute approximate surface area is 306 Å². The van der Waals surface area contributed by atoms with Gasteiger partial charge < -0.3 is 34.1 Å². The highest BCUT2D eigenvalue weighted by molar-refractivity contribution is 5.94. The number of fused-ring (bicyclic) bond motifs is 6. The van der Waals surface area contributed by atoms with Crippen LogP contribution in [0.4, 0.5) is 5.69 Å². The minimum Gasteiger partial charge on any atom is -0.496 e. The summed E-state index contributed by atoms with van der Waals surface area (Å²) in [5.74, 6) is 0.620. The Morgan fingerprint density at radius 2 is 1.90 bits per heavy atom. The molecule has 1 aliphatic carbocycles. The van der Waals surface area contributed by atoms with Gasteiger partial charge >= 0.3 is 11.9 Å². The van der Waals surface area contributed by atoms with E-state index in [9.17, 15) is 9.90 Å². The molecule has 1 saturated carbocycles. The monoisotopic (exact) mass is 708 g/mol. The Hall–Kier alpha value is -3.86. The fourth-order valence-corrected chi connectivity index (χ4v) is 12.2. The Bertz CT molecular complexity index is 1960. The number of hydrogen-bond donors (Lipinski definition) is 2. The summed E-state index contributed by atoms with van der Waals surface area (Å²) in [5.41, 5.74) is 4.38. The zero-order chi connectivity index (χ0) is 36.1. The Balaban J connectivity index is 1.31. The highest BCUT2D eigenvalue weighted by atomic mass is 16.6. The minimum atomic E-state index is -1.18. The van der Waals surface area contributed by atoms with Crippen molar-refractivity contribution in [3.8, 4) is 5.75 Å². The number of nitrogens with one attached hydrogen (secondary N) is 1. The van der Waals surface area contributed by atoms with Crippen LogP contribution in [0.2, 0.25) is 0 Å². The number of benzene rings is 2. The molecule has 6 heterocycles. The number of ether oxygens (including phenoxy) is 3. The van der Waals surface area contributed by atoms with Crippen LogP contribution in [0.1, 0.15) is 61.9 Å². The topological polar surface area (TPSA) is 108 Å². The molecule has 2 aromatic carbocycles. The SMILES string of the molecule is CCC1CC2CN(CCc3c([nH]c4ccccc34)[C@@](C(=O)OC)(c3cc4c(cc3OC)N(C)C3C(O)C(OC(C)=O)C5C=CCN6CCC43C56)C2)C1. The van der Waals surface area contributed by atoms with Crippen molar-refractivity contribution < 1.29 is 28.9 Å². The van der Waals surface area contributed by atoms with E-state index in [0.717, 1.165) is 91.8 Å². The smallest absolute Gasteiger partial charge is 0.322 e. The van der Waals surface area contributed by atoms with E-state index in [1.165, 1.54) is 19.6 Å². The quantitative estimate of drug-likeness (QED) is 0.292. The molecule has 6 aliphatic rings. The molecular formula is C42H52N4O6. The molecule has 1 spiro atoms. The predicted octanol–water partition coefficient (Wildman–Crippen LogP) is 4.55. The number of para-hydroxylation sites is 1. The van der Waals surface area contributed by atoms with E-state index in [2.05, 4.69) is 69.1 Å². The molecule has 10 nitrogen and oxygen atoms in total. The van der Waals surface area contributed by atoms with Gasteiger partial charge in [0, 0.05) is 91.4 Å². The van der Waals surface area contributed by atoms with E-state index >= 15 is 4.79 Å². The van der Waals surface area contributed by atoms with Gasteiger partial charge in [0.1, 0.15) is 23.4 Å². The number of carbonyl (C=O) groups is 2. The molecule has 10 heteroatoms. The van der Waals surface area contributed by atoms with Gasteiger partial charge in [0.25, 0.3) is 0 Å². The maximum atomic E-state index is 15.1.